The van der Waals surface area contributed by atoms with Crippen LogP contribution in [0.3, 0.4) is 0 Å². The molecule has 2 aromatic carbocycles. The van der Waals surface area contributed by atoms with Gasteiger partial charge in [-0.2, -0.15) is 26.3 Å². The summed E-state index contributed by atoms with van der Waals surface area (Å²) in [5.41, 5.74) is -3.99. The van der Waals surface area contributed by atoms with Gasteiger partial charge in [0.25, 0.3) is 5.91 Å². The van der Waals surface area contributed by atoms with Gasteiger partial charge in [-0.25, -0.2) is 4.39 Å². The SMILES string of the molecule is COC(=O)C(c1ccccc1F)C1C=CC(NC(=O)c2cc(C(F)(F)F)cc(C(F)(F)F)c2)C1. The second-order valence-electron chi connectivity index (χ2n) is 7.68. The molecule has 3 unspecified atom stereocenters. The van der Waals surface area contributed by atoms with E-state index in [1.54, 1.807) is 0 Å². The van der Waals surface area contributed by atoms with Gasteiger partial charge in [-0.05, 0) is 36.6 Å². The summed E-state index contributed by atoms with van der Waals surface area (Å²) >= 11 is 0. The first-order chi connectivity index (χ1) is 15.8. The summed E-state index contributed by atoms with van der Waals surface area (Å²) in [6.45, 7) is 0. The van der Waals surface area contributed by atoms with E-state index in [-0.39, 0.29) is 18.1 Å². The summed E-state index contributed by atoms with van der Waals surface area (Å²) in [5, 5.41) is 2.35. The number of rotatable bonds is 5. The molecule has 3 atom stereocenters. The first kappa shape index (κ1) is 25.3. The van der Waals surface area contributed by atoms with Crippen molar-refractivity contribution in [2.75, 3.05) is 7.11 Å². The van der Waals surface area contributed by atoms with Crippen LogP contribution in [-0.4, -0.2) is 25.0 Å². The third-order valence-electron chi connectivity index (χ3n) is 5.41. The average Bonchev–Trinajstić information content (AvgIpc) is 3.21. The molecule has 11 heteroatoms. The molecule has 0 fully saturated rings. The Morgan fingerprint density at radius 3 is 2.09 bits per heavy atom. The average molecular weight is 489 g/mol. The number of ether oxygens (including phenoxy) is 1. The molecule has 0 saturated carbocycles. The zero-order valence-corrected chi connectivity index (χ0v) is 17.5. The smallest absolute Gasteiger partial charge is 0.416 e. The lowest BCUT2D eigenvalue weighted by Gasteiger charge is -2.22. The van der Waals surface area contributed by atoms with Crippen molar-refractivity contribution in [1.29, 1.82) is 0 Å². The number of benzene rings is 2. The minimum Gasteiger partial charge on any atom is -0.469 e. The van der Waals surface area contributed by atoms with Crippen LogP contribution in [-0.2, 0) is 21.9 Å². The van der Waals surface area contributed by atoms with Crippen molar-refractivity contribution in [3.8, 4) is 0 Å². The van der Waals surface area contributed by atoms with Crippen molar-refractivity contribution in [3.63, 3.8) is 0 Å². The number of hydrogen-bond acceptors (Lipinski definition) is 3. The Morgan fingerprint density at radius 1 is 0.971 bits per heavy atom. The fourth-order valence-corrected chi connectivity index (χ4v) is 3.81. The Labute approximate surface area is 189 Å². The number of carbonyl (C=O) groups is 2. The zero-order valence-electron chi connectivity index (χ0n) is 17.5. The van der Waals surface area contributed by atoms with E-state index in [4.69, 9.17) is 4.74 Å². The number of alkyl halides is 6. The number of nitrogens with one attached hydrogen (secondary N) is 1. The van der Waals surface area contributed by atoms with Crippen LogP contribution in [0.15, 0.2) is 54.6 Å². The van der Waals surface area contributed by atoms with Gasteiger partial charge in [0.2, 0.25) is 0 Å². The highest BCUT2D eigenvalue weighted by molar-refractivity contribution is 5.95. The summed E-state index contributed by atoms with van der Waals surface area (Å²) in [5.74, 6) is -4.24. The fourth-order valence-electron chi connectivity index (χ4n) is 3.81. The largest absolute Gasteiger partial charge is 0.469 e. The summed E-state index contributed by atoms with van der Waals surface area (Å²) in [4.78, 5) is 24.9. The molecular formula is C23H18F7NO3. The highest BCUT2D eigenvalue weighted by atomic mass is 19.4. The van der Waals surface area contributed by atoms with Crippen molar-refractivity contribution in [3.05, 3.63) is 82.7 Å². The highest BCUT2D eigenvalue weighted by Gasteiger charge is 2.38. The third-order valence-corrected chi connectivity index (χ3v) is 5.41. The summed E-state index contributed by atoms with van der Waals surface area (Å²) in [6, 6.07) is 5.29. The second-order valence-corrected chi connectivity index (χ2v) is 7.68. The molecular weight excluding hydrogens is 471 g/mol. The standard InChI is InChI=1S/C23H18F7NO3/c1-34-21(33)19(17-4-2-3-5-18(17)24)12-6-7-16(10-12)31-20(32)13-8-14(22(25,26)27)11-15(9-13)23(28,29)30/h2-9,11-12,16,19H,10H2,1H3,(H,31,32). The number of esters is 1. The minimum absolute atomic E-state index is 0.0466. The number of amides is 1. The van der Waals surface area contributed by atoms with Crippen molar-refractivity contribution in [2.24, 2.45) is 5.92 Å². The Hall–Kier alpha value is -3.37. The van der Waals surface area contributed by atoms with Crippen LogP contribution in [0.5, 0.6) is 0 Å². The maximum absolute atomic E-state index is 14.3. The molecule has 4 nitrogen and oxygen atoms in total. The number of halogens is 7. The molecule has 0 heterocycles. The van der Waals surface area contributed by atoms with Crippen molar-refractivity contribution >= 4 is 11.9 Å². The lowest BCUT2D eigenvalue weighted by atomic mass is 9.85. The van der Waals surface area contributed by atoms with Gasteiger partial charge in [0.05, 0.1) is 24.2 Å². The predicted molar refractivity (Wildman–Crippen MR) is 106 cm³/mol. The number of allylic oxidation sites excluding steroid dienone is 1. The molecule has 1 amide bonds. The summed E-state index contributed by atoms with van der Waals surface area (Å²) in [7, 11) is 1.12. The van der Waals surface area contributed by atoms with Crippen LogP contribution >= 0.6 is 0 Å². The fraction of sp³-hybridized carbons (Fsp3) is 0.304. The lowest BCUT2D eigenvalue weighted by molar-refractivity contribution is -0.144. The van der Waals surface area contributed by atoms with E-state index in [9.17, 15) is 40.3 Å². The van der Waals surface area contributed by atoms with Crippen molar-refractivity contribution < 1.29 is 45.1 Å². The molecule has 2 aromatic rings. The van der Waals surface area contributed by atoms with Gasteiger partial charge in [-0.1, -0.05) is 30.4 Å². The van der Waals surface area contributed by atoms with Gasteiger partial charge in [-0.3, -0.25) is 9.59 Å². The quantitative estimate of drug-likeness (QED) is 0.343. The van der Waals surface area contributed by atoms with Crippen LogP contribution in [0.4, 0.5) is 30.7 Å². The highest BCUT2D eigenvalue weighted by Crippen LogP contribution is 2.37. The normalized spacial score (nSPS) is 19.1. The van der Waals surface area contributed by atoms with E-state index < -0.39 is 64.6 Å². The molecule has 0 spiro atoms. The molecule has 0 aliphatic heterocycles. The minimum atomic E-state index is -5.10. The van der Waals surface area contributed by atoms with E-state index in [2.05, 4.69) is 5.32 Å². The molecule has 34 heavy (non-hydrogen) atoms. The first-order valence-electron chi connectivity index (χ1n) is 9.92. The molecule has 1 aliphatic carbocycles. The van der Waals surface area contributed by atoms with Crippen molar-refractivity contribution in [1.82, 2.24) is 5.32 Å². The van der Waals surface area contributed by atoms with Crippen LogP contribution in [0.25, 0.3) is 0 Å². The first-order valence-corrected chi connectivity index (χ1v) is 9.92. The van der Waals surface area contributed by atoms with E-state index in [0.717, 1.165) is 13.2 Å². The van der Waals surface area contributed by atoms with Crippen LogP contribution in [0, 0.1) is 11.7 Å². The molecule has 0 aromatic heterocycles. The van der Waals surface area contributed by atoms with Gasteiger partial charge in [0.1, 0.15) is 5.82 Å². The number of methoxy groups -OCH3 is 1. The van der Waals surface area contributed by atoms with Gasteiger partial charge in [0, 0.05) is 17.2 Å². The Balaban J connectivity index is 1.82. The topological polar surface area (TPSA) is 55.4 Å². The van der Waals surface area contributed by atoms with Crippen LogP contribution < -0.4 is 5.32 Å². The maximum atomic E-state index is 14.3. The van der Waals surface area contributed by atoms with Gasteiger partial charge >= 0.3 is 18.3 Å². The predicted octanol–water partition coefficient (Wildman–Crippen LogP) is 5.49. The molecule has 1 aliphatic rings. The molecule has 0 saturated heterocycles. The van der Waals surface area contributed by atoms with E-state index >= 15 is 0 Å². The zero-order chi connectivity index (χ0) is 25.3. The molecule has 1 N–H and O–H groups in total. The molecule has 3 rings (SSSR count). The molecule has 182 valence electrons. The Kier molecular flexibility index (Phi) is 7.04. The molecule has 0 radical (unpaired) electrons. The second kappa shape index (κ2) is 9.47. The summed E-state index contributed by atoms with van der Waals surface area (Å²) < 4.78 is 97.4. The van der Waals surface area contributed by atoms with Gasteiger partial charge in [0.15, 0.2) is 0 Å². The van der Waals surface area contributed by atoms with Crippen LogP contribution in [0.1, 0.15) is 39.4 Å². The van der Waals surface area contributed by atoms with E-state index in [1.165, 1.54) is 30.4 Å². The monoisotopic (exact) mass is 489 g/mol. The van der Waals surface area contributed by atoms with E-state index in [1.807, 2.05) is 0 Å². The number of hydrogen-bond donors (Lipinski definition) is 1. The molecule has 0 bridgehead atoms. The third kappa shape index (κ3) is 5.57. The van der Waals surface area contributed by atoms with Gasteiger partial charge in [-0.15, -0.1) is 0 Å². The maximum Gasteiger partial charge on any atom is 0.416 e. The van der Waals surface area contributed by atoms with Gasteiger partial charge < -0.3 is 10.1 Å². The van der Waals surface area contributed by atoms with Crippen molar-refractivity contribution in [2.45, 2.75) is 30.7 Å². The van der Waals surface area contributed by atoms with E-state index in [0.29, 0.717) is 12.1 Å². The number of carbonyl (C=O) groups excluding carboxylic acids is 2. The Bertz CT molecular complexity index is 1080. The lowest BCUT2D eigenvalue weighted by Crippen LogP contribution is -2.34. The summed E-state index contributed by atoms with van der Waals surface area (Å²) in [6.07, 6.45) is -7.18. The van der Waals surface area contributed by atoms with Crippen LogP contribution in [0.2, 0.25) is 0 Å². The Morgan fingerprint density at radius 2 is 1.56 bits per heavy atom.